The van der Waals surface area contributed by atoms with Crippen LogP contribution in [0.4, 0.5) is 4.79 Å². The molecule has 15 heavy (non-hydrogen) atoms. The maximum atomic E-state index is 11.8. The number of hydrogen-bond donors (Lipinski definition) is 2. The molecule has 0 aromatic heterocycles. The highest BCUT2D eigenvalue weighted by atomic mass is 16.2. The van der Waals surface area contributed by atoms with Crippen LogP contribution in [0.5, 0.6) is 0 Å². The first-order valence-electron chi connectivity index (χ1n) is 5.18. The van der Waals surface area contributed by atoms with Crippen LogP contribution >= 0.6 is 0 Å². The van der Waals surface area contributed by atoms with Gasteiger partial charge in [0.25, 0.3) is 0 Å². The van der Waals surface area contributed by atoms with E-state index < -0.39 is 0 Å². The van der Waals surface area contributed by atoms with Crippen molar-refractivity contribution in [3.05, 3.63) is 0 Å². The van der Waals surface area contributed by atoms with Gasteiger partial charge >= 0.3 is 6.03 Å². The van der Waals surface area contributed by atoms with Gasteiger partial charge in [0.2, 0.25) is 5.91 Å². The zero-order valence-corrected chi connectivity index (χ0v) is 9.76. The summed E-state index contributed by atoms with van der Waals surface area (Å²) < 4.78 is 0. The van der Waals surface area contributed by atoms with E-state index in [-0.39, 0.29) is 23.5 Å². The number of nitrogens with one attached hydrogen (secondary N) is 2. The summed E-state index contributed by atoms with van der Waals surface area (Å²) in [7, 11) is 0. The van der Waals surface area contributed by atoms with E-state index in [1.165, 1.54) is 0 Å². The van der Waals surface area contributed by atoms with Gasteiger partial charge in [-0.05, 0) is 27.7 Å². The molecule has 1 unspecified atom stereocenters. The summed E-state index contributed by atoms with van der Waals surface area (Å²) in [4.78, 5) is 24.7. The average Bonchev–Trinajstić information content (AvgIpc) is 2.06. The van der Waals surface area contributed by atoms with Crippen LogP contribution in [-0.4, -0.2) is 41.5 Å². The van der Waals surface area contributed by atoms with Crippen LogP contribution in [0.2, 0.25) is 0 Å². The largest absolute Gasteiger partial charge is 0.353 e. The molecule has 5 heteroatoms. The number of rotatable bonds is 0. The van der Waals surface area contributed by atoms with Crippen molar-refractivity contribution >= 4 is 11.9 Å². The van der Waals surface area contributed by atoms with E-state index in [1.54, 1.807) is 11.8 Å². The third kappa shape index (κ3) is 3.11. The van der Waals surface area contributed by atoms with Crippen molar-refractivity contribution in [3.63, 3.8) is 0 Å². The number of hydrogen-bond acceptors (Lipinski definition) is 2. The van der Waals surface area contributed by atoms with Gasteiger partial charge in [0.05, 0.1) is 0 Å². The Morgan fingerprint density at radius 1 is 1.53 bits per heavy atom. The van der Waals surface area contributed by atoms with Gasteiger partial charge in [-0.25, -0.2) is 4.79 Å². The summed E-state index contributed by atoms with van der Waals surface area (Å²) in [6.07, 6.45) is 0. The minimum Gasteiger partial charge on any atom is -0.353 e. The molecule has 0 bridgehead atoms. The maximum Gasteiger partial charge on any atom is 0.318 e. The van der Waals surface area contributed by atoms with Crippen LogP contribution in [0.15, 0.2) is 0 Å². The molecule has 1 rings (SSSR count). The Kier molecular flexibility index (Phi) is 3.21. The fourth-order valence-electron chi connectivity index (χ4n) is 1.45. The molecule has 1 fully saturated rings. The lowest BCUT2D eigenvalue weighted by molar-refractivity contribution is -0.127. The van der Waals surface area contributed by atoms with Gasteiger partial charge in [-0.15, -0.1) is 0 Å². The van der Waals surface area contributed by atoms with Crippen LogP contribution in [-0.2, 0) is 4.79 Å². The lowest BCUT2D eigenvalue weighted by Crippen LogP contribution is -2.60. The molecule has 0 aromatic rings. The van der Waals surface area contributed by atoms with Gasteiger partial charge in [0.15, 0.2) is 0 Å². The van der Waals surface area contributed by atoms with Crippen molar-refractivity contribution in [1.29, 1.82) is 0 Å². The van der Waals surface area contributed by atoms with Gasteiger partial charge < -0.3 is 15.5 Å². The Hall–Kier alpha value is -1.26. The third-order valence-corrected chi connectivity index (χ3v) is 2.24. The molecule has 2 N–H and O–H groups in total. The predicted octanol–water partition coefficient (Wildman–Crippen LogP) is 0.315. The molecule has 0 spiro atoms. The topological polar surface area (TPSA) is 61.4 Å². The normalized spacial score (nSPS) is 22.3. The van der Waals surface area contributed by atoms with Crippen LogP contribution in [0.25, 0.3) is 0 Å². The Morgan fingerprint density at radius 2 is 2.13 bits per heavy atom. The summed E-state index contributed by atoms with van der Waals surface area (Å²) in [5.74, 6) is -0.0923. The first-order valence-corrected chi connectivity index (χ1v) is 5.18. The Bertz CT molecular complexity index is 270. The lowest BCUT2D eigenvalue weighted by Gasteiger charge is -2.35. The summed E-state index contributed by atoms with van der Waals surface area (Å²) in [6, 6.07) is -0.564. The minimum atomic E-state index is -0.388. The molecule has 1 aliphatic rings. The van der Waals surface area contributed by atoms with Gasteiger partial charge in [0.1, 0.15) is 6.04 Å². The van der Waals surface area contributed by atoms with E-state index in [4.69, 9.17) is 0 Å². The van der Waals surface area contributed by atoms with Gasteiger partial charge in [-0.1, -0.05) is 0 Å². The summed E-state index contributed by atoms with van der Waals surface area (Å²) in [6.45, 7) is 8.57. The summed E-state index contributed by atoms with van der Waals surface area (Å²) in [5, 5.41) is 5.57. The SMILES string of the molecule is CC1C(=O)NCCN1C(=O)NC(C)(C)C. The fraction of sp³-hybridized carbons (Fsp3) is 0.800. The Labute approximate surface area is 90.2 Å². The highest BCUT2D eigenvalue weighted by molar-refractivity contribution is 5.88. The lowest BCUT2D eigenvalue weighted by atomic mass is 10.1. The van der Waals surface area contributed by atoms with Crippen molar-refractivity contribution in [1.82, 2.24) is 15.5 Å². The molecule has 86 valence electrons. The van der Waals surface area contributed by atoms with E-state index in [1.807, 2.05) is 20.8 Å². The van der Waals surface area contributed by atoms with Crippen molar-refractivity contribution in [2.75, 3.05) is 13.1 Å². The quantitative estimate of drug-likeness (QED) is 0.608. The van der Waals surface area contributed by atoms with Crippen LogP contribution < -0.4 is 10.6 Å². The monoisotopic (exact) mass is 213 g/mol. The van der Waals surface area contributed by atoms with E-state index in [0.29, 0.717) is 13.1 Å². The molecular formula is C10H19N3O2. The van der Waals surface area contributed by atoms with E-state index in [9.17, 15) is 9.59 Å². The third-order valence-electron chi connectivity index (χ3n) is 2.24. The molecule has 1 aliphatic heterocycles. The molecule has 0 radical (unpaired) electrons. The highest BCUT2D eigenvalue weighted by Crippen LogP contribution is 2.07. The van der Waals surface area contributed by atoms with Gasteiger partial charge in [-0.2, -0.15) is 0 Å². The zero-order chi connectivity index (χ0) is 11.6. The number of piperazine rings is 1. The average molecular weight is 213 g/mol. The van der Waals surface area contributed by atoms with Crippen LogP contribution in [0.1, 0.15) is 27.7 Å². The predicted molar refractivity (Wildman–Crippen MR) is 57.5 cm³/mol. The molecule has 3 amide bonds. The number of nitrogens with zero attached hydrogens (tertiary/aromatic N) is 1. The Morgan fingerprint density at radius 3 is 2.67 bits per heavy atom. The second-order valence-corrected chi connectivity index (χ2v) is 4.84. The number of carbonyl (C=O) groups excluding carboxylic acids is 2. The van der Waals surface area contributed by atoms with Gasteiger partial charge in [-0.3, -0.25) is 4.79 Å². The van der Waals surface area contributed by atoms with E-state index >= 15 is 0 Å². The first-order chi connectivity index (χ1) is 6.81. The molecule has 1 heterocycles. The molecule has 0 aliphatic carbocycles. The second kappa shape index (κ2) is 4.08. The van der Waals surface area contributed by atoms with Crippen molar-refractivity contribution < 1.29 is 9.59 Å². The van der Waals surface area contributed by atoms with Crippen LogP contribution in [0, 0.1) is 0 Å². The molecule has 0 aromatic carbocycles. The highest BCUT2D eigenvalue weighted by Gasteiger charge is 2.30. The molecule has 5 nitrogen and oxygen atoms in total. The minimum absolute atomic E-state index is 0.0923. The summed E-state index contributed by atoms with van der Waals surface area (Å²) in [5.41, 5.74) is -0.273. The standard InChI is InChI=1S/C10H19N3O2/c1-7-8(14)11-5-6-13(7)9(15)12-10(2,3)4/h7H,5-6H2,1-4H3,(H,11,14)(H,12,15). The zero-order valence-electron chi connectivity index (χ0n) is 9.76. The fourth-order valence-corrected chi connectivity index (χ4v) is 1.45. The smallest absolute Gasteiger partial charge is 0.318 e. The number of carbonyl (C=O) groups is 2. The first kappa shape index (κ1) is 11.8. The maximum absolute atomic E-state index is 11.8. The van der Waals surface area contributed by atoms with E-state index in [0.717, 1.165) is 0 Å². The number of urea groups is 1. The molecule has 1 saturated heterocycles. The molecule has 0 saturated carbocycles. The van der Waals surface area contributed by atoms with Gasteiger partial charge in [0, 0.05) is 18.6 Å². The Balaban J connectivity index is 2.63. The van der Waals surface area contributed by atoms with Crippen LogP contribution in [0.3, 0.4) is 0 Å². The van der Waals surface area contributed by atoms with E-state index in [2.05, 4.69) is 10.6 Å². The van der Waals surface area contributed by atoms with Crippen molar-refractivity contribution in [2.24, 2.45) is 0 Å². The molecule has 1 atom stereocenters. The number of amides is 3. The van der Waals surface area contributed by atoms with Crippen molar-refractivity contribution in [3.8, 4) is 0 Å². The second-order valence-electron chi connectivity index (χ2n) is 4.84. The van der Waals surface area contributed by atoms with Crippen molar-refractivity contribution in [2.45, 2.75) is 39.3 Å². The summed E-state index contributed by atoms with van der Waals surface area (Å²) >= 11 is 0. The molecular weight excluding hydrogens is 194 g/mol.